The van der Waals surface area contributed by atoms with Gasteiger partial charge in [0.2, 0.25) is 0 Å². The van der Waals surface area contributed by atoms with Crippen molar-refractivity contribution in [2.75, 3.05) is 12.4 Å². The van der Waals surface area contributed by atoms with E-state index in [0.717, 1.165) is 39.3 Å². The molecule has 0 amide bonds. The Morgan fingerprint density at radius 3 is 2.57 bits per heavy atom. The van der Waals surface area contributed by atoms with Crippen molar-refractivity contribution in [3.63, 3.8) is 0 Å². The van der Waals surface area contributed by atoms with Crippen LogP contribution in [0, 0.1) is 0 Å². The van der Waals surface area contributed by atoms with Crippen molar-refractivity contribution in [1.82, 2.24) is 4.98 Å². The van der Waals surface area contributed by atoms with Gasteiger partial charge in [-0.15, -0.1) is 11.3 Å². The highest BCUT2D eigenvalue weighted by molar-refractivity contribution is 7.16. The molecule has 0 fully saturated rings. The van der Waals surface area contributed by atoms with Crippen LogP contribution in [0.25, 0.3) is 11.3 Å². The fourth-order valence-corrected chi connectivity index (χ4v) is 3.40. The van der Waals surface area contributed by atoms with Gasteiger partial charge in [0, 0.05) is 15.5 Å². The van der Waals surface area contributed by atoms with Gasteiger partial charge in [-0.2, -0.15) is 0 Å². The summed E-state index contributed by atoms with van der Waals surface area (Å²) in [5.41, 5.74) is 3.00. The van der Waals surface area contributed by atoms with E-state index in [0.29, 0.717) is 0 Å². The maximum absolute atomic E-state index is 5.97. The number of ether oxygens (including phenoxy) is 1. The lowest BCUT2D eigenvalue weighted by Crippen LogP contribution is -1.93. The first-order valence-electron chi connectivity index (χ1n) is 7.37. The zero-order chi connectivity index (χ0) is 16.2. The smallest absolute Gasteiger partial charge is 0.188 e. The summed E-state index contributed by atoms with van der Waals surface area (Å²) in [4.78, 5) is 6.00. The summed E-state index contributed by atoms with van der Waals surface area (Å²) >= 11 is 7.64. The maximum atomic E-state index is 5.97. The van der Waals surface area contributed by atoms with Gasteiger partial charge < -0.3 is 10.1 Å². The third-order valence-corrected chi connectivity index (χ3v) is 4.85. The molecule has 5 heteroatoms. The molecule has 23 heavy (non-hydrogen) atoms. The first-order valence-corrected chi connectivity index (χ1v) is 8.56. The van der Waals surface area contributed by atoms with Crippen LogP contribution in [0.5, 0.6) is 5.75 Å². The quantitative estimate of drug-likeness (QED) is 0.637. The summed E-state index contributed by atoms with van der Waals surface area (Å²) in [5.74, 6) is 0.800. The molecular weight excluding hydrogens is 328 g/mol. The highest BCUT2D eigenvalue weighted by atomic mass is 35.5. The largest absolute Gasteiger partial charge is 0.495 e. The van der Waals surface area contributed by atoms with Crippen LogP contribution in [0.4, 0.5) is 10.8 Å². The monoisotopic (exact) mass is 344 g/mol. The van der Waals surface area contributed by atoms with E-state index >= 15 is 0 Å². The number of nitrogens with one attached hydrogen (secondary N) is 1. The standard InChI is InChI=1S/C18H17ClN2OS/c1-3-16-17(12-8-10-13(19)11-9-12)21-18(23-16)20-14-6-4-5-7-15(14)22-2/h4-11H,3H2,1-2H3,(H,20,21). The second-order valence-electron chi connectivity index (χ2n) is 4.98. The fraction of sp³-hybridized carbons (Fsp3) is 0.167. The lowest BCUT2D eigenvalue weighted by Gasteiger charge is -2.08. The first-order chi connectivity index (χ1) is 11.2. The Kier molecular flexibility index (Phi) is 4.84. The van der Waals surface area contributed by atoms with Gasteiger partial charge in [-0.25, -0.2) is 4.98 Å². The van der Waals surface area contributed by atoms with Crippen LogP contribution in [0.15, 0.2) is 48.5 Å². The molecule has 0 saturated heterocycles. The van der Waals surface area contributed by atoms with Crippen LogP contribution in [0.2, 0.25) is 5.02 Å². The average molecular weight is 345 g/mol. The van der Waals surface area contributed by atoms with E-state index in [1.54, 1.807) is 18.4 Å². The lowest BCUT2D eigenvalue weighted by molar-refractivity contribution is 0.417. The number of benzene rings is 2. The fourth-order valence-electron chi connectivity index (χ4n) is 2.34. The van der Waals surface area contributed by atoms with Gasteiger partial charge in [0.05, 0.1) is 18.5 Å². The SMILES string of the molecule is CCc1sc(Nc2ccccc2OC)nc1-c1ccc(Cl)cc1. The maximum Gasteiger partial charge on any atom is 0.188 e. The van der Waals surface area contributed by atoms with Crippen molar-refractivity contribution in [3.05, 3.63) is 58.4 Å². The van der Waals surface area contributed by atoms with Crippen molar-refractivity contribution in [2.45, 2.75) is 13.3 Å². The van der Waals surface area contributed by atoms with Crippen molar-refractivity contribution >= 4 is 33.8 Å². The Morgan fingerprint density at radius 1 is 1.13 bits per heavy atom. The zero-order valence-corrected chi connectivity index (χ0v) is 14.5. The molecule has 1 aromatic heterocycles. The highest BCUT2D eigenvalue weighted by Gasteiger charge is 2.13. The van der Waals surface area contributed by atoms with E-state index in [2.05, 4.69) is 12.2 Å². The number of para-hydroxylation sites is 2. The second-order valence-corrected chi connectivity index (χ2v) is 6.50. The van der Waals surface area contributed by atoms with Crippen LogP contribution >= 0.6 is 22.9 Å². The Hall–Kier alpha value is -2.04. The number of hydrogen-bond donors (Lipinski definition) is 1. The van der Waals surface area contributed by atoms with Gasteiger partial charge in [0.1, 0.15) is 5.75 Å². The number of nitrogens with zero attached hydrogens (tertiary/aromatic N) is 1. The minimum Gasteiger partial charge on any atom is -0.495 e. The van der Waals surface area contributed by atoms with Crippen LogP contribution in [-0.4, -0.2) is 12.1 Å². The Labute approximate surface area is 144 Å². The Bertz CT molecular complexity index is 799. The van der Waals surface area contributed by atoms with Gasteiger partial charge in [-0.3, -0.25) is 0 Å². The average Bonchev–Trinajstić information content (AvgIpc) is 2.99. The predicted molar refractivity (Wildman–Crippen MR) is 98.2 cm³/mol. The first kappa shape index (κ1) is 15.8. The van der Waals surface area contributed by atoms with Crippen LogP contribution in [0.1, 0.15) is 11.8 Å². The van der Waals surface area contributed by atoms with E-state index in [-0.39, 0.29) is 0 Å². The third kappa shape index (κ3) is 3.49. The number of thiazole rings is 1. The summed E-state index contributed by atoms with van der Waals surface area (Å²) < 4.78 is 5.38. The molecule has 0 aliphatic carbocycles. The number of rotatable bonds is 5. The molecule has 3 nitrogen and oxygen atoms in total. The lowest BCUT2D eigenvalue weighted by atomic mass is 10.1. The number of hydrogen-bond acceptors (Lipinski definition) is 4. The molecule has 0 aliphatic heterocycles. The van der Waals surface area contributed by atoms with E-state index in [9.17, 15) is 0 Å². The van der Waals surface area contributed by atoms with Gasteiger partial charge in [-0.1, -0.05) is 42.8 Å². The Morgan fingerprint density at radius 2 is 1.87 bits per heavy atom. The van der Waals surface area contributed by atoms with Crippen LogP contribution < -0.4 is 10.1 Å². The highest BCUT2D eigenvalue weighted by Crippen LogP contribution is 2.35. The van der Waals surface area contributed by atoms with E-state index in [1.807, 2.05) is 48.5 Å². The van der Waals surface area contributed by atoms with Crippen molar-refractivity contribution in [1.29, 1.82) is 0 Å². The van der Waals surface area contributed by atoms with Crippen molar-refractivity contribution < 1.29 is 4.74 Å². The van der Waals surface area contributed by atoms with Crippen molar-refractivity contribution in [3.8, 4) is 17.0 Å². The molecule has 1 N–H and O–H groups in total. The molecular formula is C18H17ClN2OS. The van der Waals surface area contributed by atoms with Crippen LogP contribution in [-0.2, 0) is 6.42 Å². The van der Waals surface area contributed by atoms with Gasteiger partial charge >= 0.3 is 0 Å². The number of anilines is 2. The molecule has 0 radical (unpaired) electrons. The molecule has 0 saturated carbocycles. The summed E-state index contributed by atoms with van der Waals surface area (Å²) in [5, 5.41) is 4.94. The number of aromatic nitrogens is 1. The minimum absolute atomic E-state index is 0.731. The predicted octanol–water partition coefficient (Wildman–Crippen LogP) is 5.78. The van der Waals surface area contributed by atoms with Gasteiger partial charge in [0.15, 0.2) is 5.13 Å². The summed E-state index contributed by atoms with van der Waals surface area (Å²) in [6, 6.07) is 15.6. The molecule has 0 aliphatic rings. The summed E-state index contributed by atoms with van der Waals surface area (Å²) in [6.45, 7) is 2.14. The second kappa shape index (κ2) is 7.02. The normalized spacial score (nSPS) is 10.6. The Balaban J connectivity index is 1.94. The molecule has 0 spiro atoms. The minimum atomic E-state index is 0.731. The number of aryl methyl sites for hydroxylation is 1. The summed E-state index contributed by atoms with van der Waals surface area (Å²) in [7, 11) is 1.67. The molecule has 0 atom stereocenters. The molecule has 3 aromatic rings. The molecule has 3 rings (SSSR count). The summed E-state index contributed by atoms with van der Waals surface area (Å²) in [6.07, 6.45) is 0.934. The number of halogens is 1. The molecule has 118 valence electrons. The van der Waals surface area contributed by atoms with Crippen LogP contribution in [0.3, 0.4) is 0 Å². The van der Waals surface area contributed by atoms with Gasteiger partial charge in [-0.05, 0) is 30.7 Å². The van der Waals surface area contributed by atoms with Crippen molar-refractivity contribution in [2.24, 2.45) is 0 Å². The van der Waals surface area contributed by atoms with E-state index in [1.165, 1.54) is 4.88 Å². The molecule has 1 heterocycles. The third-order valence-electron chi connectivity index (χ3n) is 3.48. The zero-order valence-electron chi connectivity index (χ0n) is 13.0. The van der Waals surface area contributed by atoms with E-state index < -0.39 is 0 Å². The number of methoxy groups -OCH3 is 1. The topological polar surface area (TPSA) is 34.1 Å². The molecule has 0 bridgehead atoms. The molecule has 2 aromatic carbocycles. The van der Waals surface area contributed by atoms with Gasteiger partial charge in [0.25, 0.3) is 0 Å². The molecule has 0 unspecified atom stereocenters. The van der Waals surface area contributed by atoms with E-state index in [4.69, 9.17) is 21.3 Å².